The van der Waals surface area contributed by atoms with Crippen molar-refractivity contribution in [3.8, 4) is 0 Å². The minimum absolute atomic E-state index is 0.00274. The van der Waals surface area contributed by atoms with Gasteiger partial charge in [-0.25, -0.2) is 0 Å². The summed E-state index contributed by atoms with van der Waals surface area (Å²) >= 11 is 0. The highest BCUT2D eigenvalue weighted by molar-refractivity contribution is 5.52. The van der Waals surface area contributed by atoms with E-state index in [0.29, 0.717) is 6.42 Å². The largest absolute Gasteiger partial charge is 0.418 e. The van der Waals surface area contributed by atoms with E-state index in [1.54, 1.807) is 0 Å². The minimum Gasteiger partial charge on any atom is -0.391 e. The van der Waals surface area contributed by atoms with Crippen molar-refractivity contribution in [3.63, 3.8) is 0 Å². The normalized spacial score (nSPS) is 14.3. The number of alkyl halides is 3. The Hall–Kier alpha value is -1.23. The highest BCUT2D eigenvalue weighted by atomic mass is 19.4. The smallest absolute Gasteiger partial charge is 0.391 e. The molecule has 0 heterocycles. The van der Waals surface area contributed by atoms with E-state index in [4.69, 9.17) is 0 Å². The highest BCUT2D eigenvalue weighted by Crippen LogP contribution is 2.34. The molecule has 1 aromatic rings. The zero-order valence-corrected chi connectivity index (χ0v) is 11.4. The van der Waals surface area contributed by atoms with Gasteiger partial charge in [0.05, 0.1) is 11.7 Å². The van der Waals surface area contributed by atoms with Gasteiger partial charge in [0, 0.05) is 12.2 Å². The van der Waals surface area contributed by atoms with Gasteiger partial charge < -0.3 is 10.4 Å². The number of nitrogens with one attached hydrogen (secondary N) is 1. The van der Waals surface area contributed by atoms with Crippen LogP contribution in [-0.2, 0) is 6.18 Å². The lowest BCUT2D eigenvalue weighted by Gasteiger charge is -2.23. The molecule has 0 saturated heterocycles. The summed E-state index contributed by atoms with van der Waals surface area (Å²) in [5, 5.41) is 12.5. The third-order valence-electron chi connectivity index (χ3n) is 2.61. The van der Waals surface area contributed by atoms with E-state index in [-0.39, 0.29) is 17.6 Å². The molecule has 0 aliphatic heterocycles. The van der Waals surface area contributed by atoms with Crippen molar-refractivity contribution in [2.24, 2.45) is 5.41 Å². The van der Waals surface area contributed by atoms with Crippen molar-refractivity contribution in [1.29, 1.82) is 0 Å². The van der Waals surface area contributed by atoms with Gasteiger partial charge in [-0.2, -0.15) is 13.2 Å². The van der Waals surface area contributed by atoms with E-state index in [2.05, 4.69) is 5.32 Å². The number of benzene rings is 1. The first-order chi connectivity index (χ1) is 8.59. The van der Waals surface area contributed by atoms with Crippen LogP contribution in [0.5, 0.6) is 0 Å². The zero-order chi connectivity index (χ0) is 14.7. The molecule has 2 nitrogen and oxygen atoms in total. The quantitative estimate of drug-likeness (QED) is 0.873. The summed E-state index contributed by atoms with van der Waals surface area (Å²) in [5.41, 5.74) is -0.772. The Morgan fingerprint density at radius 1 is 1.16 bits per heavy atom. The molecule has 1 atom stereocenters. The Kier molecular flexibility index (Phi) is 4.85. The van der Waals surface area contributed by atoms with Crippen molar-refractivity contribution < 1.29 is 18.3 Å². The van der Waals surface area contributed by atoms with Crippen molar-refractivity contribution in [3.05, 3.63) is 29.8 Å². The number of para-hydroxylation sites is 1. The van der Waals surface area contributed by atoms with Crippen LogP contribution >= 0.6 is 0 Å². The molecule has 1 aromatic carbocycles. The Morgan fingerprint density at radius 3 is 2.26 bits per heavy atom. The van der Waals surface area contributed by atoms with Crippen LogP contribution < -0.4 is 5.32 Å². The van der Waals surface area contributed by atoms with Gasteiger partial charge >= 0.3 is 6.18 Å². The van der Waals surface area contributed by atoms with Crippen LogP contribution in [0.25, 0.3) is 0 Å². The van der Waals surface area contributed by atoms with Crippen LogP contribution in [0.15, 0.2) is 24.3 Å². The van der Waals surface area contributed by atoms with Gasteiger partial charge in [-0.3, -0.25) is 0 Å². The molecule has 0 aromatic heterocycles. The lowest BCUT2D eigenvalue weighted by Crippen LogP contribution is -2.26. The number of halogens is 3. The number of aliphatic hydroxyl groups is 1. The van der Waals surface area contributed by atoms with Crippen LogP contribution in [0.1, 0.15) is 32.8 Å². The summed E-state index contributed by atoms with van der Waals surface area (Å²) in [5.74, 6) is 0. The fourth-order valence-electron chi connectivity index (χ4n) is 1.89. The van der Waals surface area contributed by atoms with Gasteiger partial charge in [0.15, 0.2) is 0 Å². The van der Waals surface area contributed by atoms with E-state index in [1.165, 1.54) is 18.2 Å². The molecule has 5 heteroatoms. The van der Waals surface area contributed by atoms with Crippen molar-refractivity contribution in [2.75, 3.05) is 11.9 Å². The van der Waals surface area contributed by atoms with Gasteiger partial charge in [0.25, 0.3) is 0 Å². The van der Waals surface area contributed by atoms with E-state index in [1.807, 2.05) is 20.8 Å². The molecule has 19 heavy (non-hydrogen) atoms. The standard InChI is InChI=1S/C14H20F3NO/c1-13(2,3)8-10(19)9-18-12-7-5-4-6-11(12)14(15,16)17/h4-7,10,18-19H,8-9H2,1-3H3. The average molecular weight is 275 g/mol. The van der Waals surface area contributed by atoms with Gasteiger partial charge in [-0.05, 0) is 24.0 Å². The summed E-state index contributed by atoms with van der Waals surface area (Å²) < 4.78 is 38.2. The maximum atomic E-state index is 12.7. The Bertz CT molecular complexity index is 410. The van der Waals surface area contributed by atoms with Crippen LogP contribution in [0, 0.1) is 5.41 Å². The molecular weight excluding hydrogens is 255 g/mol. The van der Waals surface area contributed by atoms with Crippen LogP contribution in [-0.4, -0.2) is 17.8 Å². The second-order valence-corrected chi connectivity index (χ2v) is 5.84. The molecule has 0 fully saturated rings. The first-order valence-electron chi connectivity index (χ1n) is 6.18. The van der Waals surface area contributed by atoms with Crippen molar-refractivity contribution >= 4 is 5.69 Å². The van der Waals surface area contributed by atoms with E-state index < -0.39 is 17.8 Å². The first kappa shape index (κ1) is 15.8. The number of hydrogen-bond donors (Lipinski definition) is 2. The van der Waals surface area contributed by atoms with E-state index in [9.17, 15) is 18.3 Å². The summed E-state index contributed by atoms with van der Waals surface area (Å²) in [7, 11) is 0. The third kappa shape index (κ3) is 5.51. The number of aliphatic hydroxyl groups excluding tert-OH is 1. The summed E-state index contributed by atoms with van der Waals surface area (Å²) in [4.78, 5) is 0. The number of rotatable bonds is 4. The number of hydrogen-bond acceptors (Lipinski definition) is 2. The zero-order valence-electron chi connectivity index (χ0n) is 11.4. The molecule has 0 amide bonds. The van der Waals surface area contributed by atoms with Crippen molar-refractivity contribution in [2.45, 2.75) is 39.5 Å². The molecule has 0 bridgehead atoms. The molecule has 1 rings (SSSR count). The third-order valence-corrected chi connectivity index (χ3v) is 2.61. The lowest BCUT2D eigenvalue weighted by atomic mass is 9.89. The van der Waals surface area contributed by atoms with Gasteiger partial charge in [-0.1, -0.05) is 32.9 Å². The molecule has 1 unspecified atom stereocenters. The fourth-order valence-corrected chi connectivity index (χ4v) is 1.89. The molecule has 0 saturated carbocycles. The molecule has 0 spiro atoms. The molecular formula is C14H20F3NO. The monoisotopic (exact) mass is 275 g/mol. The SMILES string of the molecule is CC(C)(C)CC(O)CNc1ccccc1C(F)(F)F. The molecule has 108 valence electrons. The second kappa shape index (κ2) is 5.82. The lowest BCUT2D eigenvalue weighted by molar-refractivity contribution is -0.137. The van der Waals surface area contributed by atoms with Crippen LogP contribution in [0.4, 0.5) is 18.9 Å². The Morgan fingerprint density at radius 2 is 1.74 bits per heavy atom. The Balaban J connectivity index is 2.68. The maximum absolute atomic E-state index is 12.7. The minimum atomic E-state index is -4.39. The predicted octanol–water partition coefficient (Wildman–Crippen LogP) is 3.91. The molecule has 2 N–H and O–H groups in total. The molecule has 0 radical (unpaired) electrons. The fraction of sp³-hybridized carbons (Fsp3) is 0.571. The van der Waals surface area contributed by atoms with Crippen molar-refractivity contribution in [1.82, 2.24) is 0 Å². The van der Waals surface area contributed by atoms with Gasteiger partial charge in [0.1, 0.15) is 0 Å². The first-order valence-corrected chi connectivity index (χ1v) is 6.18. The predicted molar refractivity (Wildman–Crippen MR) is 70.0 cm³/mol. The van der Waals surface area contributed by atoms with Crippen LogP contribution in [0.3, 0.4) is 0 Å². The maximum Gasteiger partial charge on any atom is 0.418 e. The van der Waals surface area contributed by atoms with Gasteiger partial charge in [0.2, 0.25) is 0 Å². The van der Waals surface area contributed by atoms with Gasteiger partial charge in [-0.15, -0.1) is 0 Å². The second-order valence-electron chi connectivity index (χ2n) is 5.84. The number of anilines is 1. The highest BCUT2D eigenvalue weighted by Gasteiger charge is 2.33. The molecule has 0 aliphatic carbocycles. The van der Waals surface area contributed by atoms with E-state index >= 15 is 0 Å². The van der Waals surface area contributed by atoms with E-state index in [0.717, 1.165) is 6.07 Å². The Labute approximate surface area is 111 Å². The molecule has 0 aliphatic rings. The summed E-state index contributed by atoms with van der Waals surface area (Å²) in [6, 6.07) is 5.28. The average Bonchev–Trinajstić information content (AvgIpc) is 2.23. The topological polar surface area (TPSA) is 32.3 Å². The summed E-state index contributed by atoms with van der Waals surface area (Å²) in [6.07, 6.45) is -4.55. The summed E-state index contributed by atoms with van der Waals surface area (Å²) in [6.45, 7) is 6.02. The van der Waals surface area contributed by atoms with Crippen LogP contribution in [0.2, 0.25) is 0 Å².